The lowest BCUT2D eigenvalue weighted by Gasteiger charge is -2.06. The van der Waals surface area contributed by atoms with Crippen LogP contribution >= 0.6 is 11.8 Å². The maximum atomic E-state index is 11.9. The third kappa shape index (κ3) is 5.61. The zero-order valence-electron chi connectivity index (χ0n) is 11.8. The van der Waals surface area contributed by atoms with Crippen LogP contribution in [0.4, 0.5) is 5.69 Å². The predicted molar refractivity (Wildman–Crippen MR) is 83.7 cm³/mol. The molecular formula is C15H16N2O4S. The van der Waals surface area contributed by atoms with Gasteiger partial charge in [-0.2, -0.15) is 11.8 Å². The Morgan fingerprint density at radius 2 is 2.18 bits per heavy atom. The van der Waals surface area contributed by atoms with Crippen molar-refractivity contribution in [1.29, 1.82) is 0 Å². The van der Waals surface area contributed by atoms with Crippen LogP contribution in [0.3, 0.4) is 0 Å². The molecule has 0 spiro atoms. The van der Waals surface area contributed by atoms with Gasteiger partial charge in [-0.3, -0.25) is 9.59 Å². The first-order valence-corrected chi connectivity index (χ1v) is 7.86. The normalized spacial score (nSPS) is 10.4. The molecule has 2 rings (SSSR count). The van der Waals surface area contributed by atoms with E-state index in [1.165, 1.54) is 6.26 Å². The van der Waals surface area contributed by atoms with E-state index < -0.39 is 5.97 Å². The SMILES string of the molecule is O=C(O)CCSCc1cccc(NC(=O)Cc2ccon2)c1. The molecular weight excluding hydrogens is 304 g/mol. The topological polar surface area (TPSA) is 92.4 Å². The van der Waals surface area contributed by atoms with E-state index in [1.807, 2.05) is 24.3 Å². The molecule has 0 radical (unpaired) electrons. The molecule has 0 aliphatic rings. The van der Waals surface area contributed by atoms with E-state index >= 15 is 0 Å². The molecule has 22 heavy (non-hydrogen) atoms. The van der Waals surface area contributed by atoms with E-state index in [0.717, 1.165) is 5.56 Å². The summed E-state index contributed by atoms with van der Waals surface area (Å²) in [5.41, 5.74) is 2.33. The number of hydrogen-bond donors (Lipinski definition) is 2. The predicted octanol–water partition coefficient (Wildman–Crippen LogP) is 2.56. The van der Waals surface area contributed by atoms with Gasteiger partial charge in [-0.25, -0.2) is 0 Å². The Hall–Kier alpha value is -2.28. The van der Waals surface area contributed by atoms with E-state index in [2.05, 4.69) is 15.0 Å². The van der Waals surface area contributed by atoms with Gasteiger partial charge in [0.2, 0.25) is 5.91 Å². The lowest BCUT2D eigenvalue weighted by Crippen LogP contribution is -2.14. The minimum atomic E-state index is -0.790. The number of benzene rings is 1. The molecule has 0 aliphatic carbocycles. The molecule has 0 fully saturated rings. The average molecular weight is 320 g/mol. The highest BCUT2D eigenvalue weighted by molar-refractivity contribution is 7.98. The number of carbonyl (C=O) groups excluding carboxylic acids is 1. The minimum absolute atomic E-state index is 0.152. The third-order valence-electron chi connectivity index (χ3n) is 2.77. The van der Waals surface area contributed by atoms with E-state index in [1.54, 1.807) is 17.8 Å². The summed E-state index contributed by atoms with van der Waals surface area (Å²) in [4.78, 5) is 22.3. The zero-order valence-corrected chi connectivity index (χ0v) is 12.6. The van der Waals surface area contributed by atoms with Crippen molar-refractivity contribution < 1.29 is 19.2 Å². The van der Waals surface area contributed by atoms with Crippen LogP contribution in [-0.4, -0.2) is 27.9 Å². The summed E-state index contributed by atoms with van der Waals surface area (Å²) in [6.45, 7) is 0. The number of hydrogen-bond acceptors (Lipinski definition) is 5. The highest BCUT2D eigenvalue weighted by atomic mass is 32.2. The molecule has 116 valence electrons. The summed E-state index contributed by atoms with van der Waals surface area (Å²) in [5.74, 6) is 0.323. The molecule has 0 unspecified atom stereocenters. The largest absolute Gasteiger partial charge is 0.481 e. The molecule has 0 bridgehead atoms. The Kier molecular flexibility index (Phi) is 6.02. The summed E-state index contributed by atoms with van der Waals surface area (Å²) in [6.07, 6.45) is 1.74. The molecule has 6 nitrogen and oxygen atoms in total. The summed E-state index contributed by atoms with van der Waals surface area (Å²) in [7, 11) is 0. The van der Waals surface area contributed by atoms with Gasteiger partial charge < -0.3 is 14.9 Å². The molecule has 1 amide bonds. The van der Waals surface area contributed by atoms with Gasteiger partial charge in [0.15, 0.2) is 0 Å². The monoisotopic (exact) mass is 320 g/mol. The third-order valence-corrected chi connectivity index (χ3v) is 3.80. The molecule has 1 aromatic heterocycles. The number of carboxylic acid groups (broad SMARTS) is 1. The second-order valence-corrected chi connectivity index (χ2v) is 5.72. The zero-order chi connectivity index (χ0) is 15.8. The van der Waals surface area contributed by atoms with E-state index in [0.29, 0.717) is 22.9 Å². The van der Waals surface area contributed by atoms with Crippen molar-refractivity contribution in [1.82, 2.24) is 5.16 Å². The molecule has 1 aromatic carbocycles. The number of thioether (sulfide) groups is 1. The maximum Gasteiger partial charge on any atom is 0.304 e. The van der Waals surface area contributed by atoms with Crippen molar-refractivity contribution in [3.63, 3.8) is 0 Å². The smallest absolute Gasteiger partial charge is 0.304 e. The number of anilines is 1. The molecule has 0 atom stereocenters. The summed E-state index contributed by atoms with van der Waals surface area (Å²) < 4.78 is 4.68. The van der Waals surface area contributed by atoms with Gasteiger partial charge in [-0.05, 0) is 17.7 Å². The minimum Gasteiger partial charge on any atom is -0.481 e. The quantitative estimate of drug-likeness (QED) is 0.726. The molecule has 0 aliphatic heterocycles. The van der Waals surface area contributed by atoms with Gasteiger partial charge in [0.25, 0.3) is 0 Å². The van der Waals surface area contributed by atoms with E-state index in [9.17, 15) is 9.59 Å². The van der Waals surface area contributed by atoms with Crippen molar-refractivity contribution in [2.45, 2.75) is 18.6 Å². The highest BCUT2D eigenvalue weighted by Gasteiger charge is 2.07. The van der Waals surface area contributed by atoms with Crippen LogP contribution < -0.4 is 5.32 Å². The molecule has 1 heterocycles. The molecule has 2 aromatic rings. The van der Waals surface area contributed by atoms with Crippen molar-refractivity contribution in [2.24, 2.45) is 0 Å². The fourth-order valence-corrected chi connectivity index (χ4v) is 2.67. The number of amides is 1. The first-order chi connectivity index (χ1) is 10.6. The maximum absolute atomic E-state index is 11.9. The van der Waals surface area contributed by atoms with Gasteiger partial charge in [0, 0.05) is 23.3 Å². The first kappa shape index (κ1) is 16.1. The van der Waals surface area contributed by atoms with Gasteiger partial charge >= 0.3 is 5.97 Å². The Morgan fingerprint density at radius 1 is 1.32 bits per heavy atom. The second-order valence-electron chi connectivity index (χ2n) is 4.61. The summed E-state index contributed by atoms with van der Waals surface area (Å²) in [5, 5.41) is 15.1. The second kappa shape index (κ2) is 8.23. The van der Waals surface area contributed by atoms with Crippen LogP contribution in [0.5, 0.6) is 0 Å². The number of carboxylic acids is 1. The summed E-state index contributed by atoms with van der Waals surface area (Å²) in [6, 6.07) is 9.15. The van der Waals surface area contributed by atoms with Crippen molar-refractivity contribution in [2.75, 3.05) is 11.1 Å². The van der Waals surface area contributed by atoms with Crippen LogP contribution in [0.2, 0.25) is 0 Å². The Balaban J connectivity index is 1.82. The first-order valence-electron chi connectivity index (χ1n) is 6.71. The van der Waals surface area contributed by atoms with E-state index in [-0.39, 0.29) is 18.7 Å². The Morgan fingerprint density at radius 3 is 2.91 bits per heavy atom. The van der Waals surface area contributed by atoms with Crippen molar-refractivity contribution >= 4 is 29.3 Å². The van der Waals surface area contributed by atoms with Crippen molar-refractivity contribution in [3.8, 4) is 0 Å². The number of carbonyl (C=O) groups is 2. The van der Waals surface area contributed by atoms with Crippen LogP contribution in [0.15, 0.2) is 41.1 Å². The molecule has 2 N–H and O–H groups in total. The number of aliphatic carboxylic acids is 1. The molecule has 0 saturated carbocycles. The van der Waals surface area contributed by atoms with Gasteiger partial charge in [-0.1, -0.05) is 17.3 Å². The van der Waals surface area contributed by atoms with Crippen molar-refractivity contribution in [3.05, 3.63) is 47.9 Å². The van der Waals surface area contributed by atoms with Crippen LogP contribution in [0.25, 0.3) is 0 Å². The fraction of sp³-hybridized carbons (Fsp3) is 0.267. The Bertz CT molecular complexity index is 628. The van der Waals surface area contributed by atoms with Crippen LogP contribution in [0, 0.1) is 0 Å². The average Bonchev–Trinajstić information content (AvgIpc) is 2.96. The number of nitrogens with one attached hydrogen (secondary N) is 1. The van der Waals surface area contributed by atoms with Gasteiger partial charge in [-0.15, -0.1) is 0 Å². The summed E-state index contributed by atoms with van der Waals surface area (Å²) >= 11 is 1.55. The highest BCUT2D eigenvalue weighted by Crippen LogP contribution is 2.17. The van der Waals surface area contributed by atoms with Crippen LogP contribution in [-0.2, 0) is 21.8 Å². The van der Waals surface area contributed by atoms with E-state index in [4.69, 9.17) is 5.11 Å². The number of nitrogens with zero attached hydrogens (tertiary/aromatic N) is 1. The Labute approximate surface area is 131 Å². The van der Waals surface area contributed by atoms with Gasteiger partial charge in [0.05, 0.1) is 18.5 Å². The lowest BCUT2D eigenvalue weighted by atomic mass is 10.2. The van der Waals surface area contributed by atoms with Crippen LogP contribution in [0.1, 0.15) is 17.7 Å². The lowest BCUT2D eigenvalue weighted by molar-refractivity contribution is -0.136. The standard InChI is InChI=1S/C15H16N2O4S/c18-14(9-13-4-6-21-17-13)16-12-3-1-2-11(8-12)10-22-7-5-15(19)20/h1-4,6,8H,5,7,9-10H2,(H,16,18)(H,19,20). The number of aromatic nitrogens is 1. The molecule has 7 heteroatoms. The van der Waals surface area contributed by atoms with Gasteiger partial charge in [0.1, 0.15) is 6.26 Å². The number of rotatable bonds is 8. The fourth-order valence-electron chi connectivity index (χ4n) is 1.79. The molecule has 0 saturated heterocycles.